The quantitative estimate of drug-likeness (QED) is 0.754. The summed E-state index contributed by atoms with van der Waals surface area (Å²) in [4.78, 5) is 0.768. The monoisotopic (exact) mass is 293 g/mol. The summed E-state index contributed by atoms with van der Waals surface area (Å²) >= 11 is 0. The summed E-state index contributed by atoms with van der Waals surface area (Å²) in [5, 5.41) is 0. The average molecular weight is 293 g/mol. The zero-order chi connectivity index (χ0) is 14.5. The minimum atomic E-state index is -1.24. The van der Waals surface area contributed by atoms with Crippen molar-refractivity contribution in [2.24, 2.45) is 0 Å². The number of hydrogen-bond acceptors (Lipinski definition) is 1. The largest absolute Gasteiger partial charge is 0.301 e. The van der Waals surface area contributed by atoms with Crippen LogP contribution in [-0.2, 0) is 11.0 Å². The summed E-state index contributed by atoms with van der Waals surface area (Å²) in [7, 11) is -1.24. The molecule has 0 aliphatic carbocycles. The van der Waals surface area contributed by atoms with E-state index in [1.807, 2.05) is 72.8 Å². The Balaban J connectivity index is 1.75. The third-order valence-electron chi connectivity index (χ3n) is 3.16. The molecule has 3 rings (SSSR count). The first-order chi connectivity index (χ1) is 10.3. The molecular weight excluding hydrogens is 278 g/mol. The Morgan fingerprint density at radius 3 is 1.76 bits per heavy atom. The minimum absolute atomic E-state index is 0.768. The Labute approximate surface area is 127 Å². The molecule has 0 radical (unpaired) electrons. The molecular formula is C18H15NOS. The Morgan fingerprint density at radius 2 is 1.14 bits per heavy atom. The molecule has 3 heteroatoms. The lowest BCUT2D eigenvalue weighted by Gasteiger charge is -2.07. The smallest absolute Gasteiger partial charge is 0.150 e. The first kappa shape index (κ1) is 13.6. The van der Waals surface area contributed by atoms with Gasteiger partial charge in [0.25, 0.3) is 0 Å². The van der Waals surface area contributed by atoms with Crippen molar-refractivity contribution in [3.63, 3.8) is 0 Å². The van der Waals surface area contributed by atoms with Gasteiger partial charge in [0.15, 0.2) is 0 Å². The lowest BCUT2D eigenvalue weighted by Crippen LogP contribution is -2.04. The maximum Gasteiger partial charge on any atom is 0.150 e. The fraction of sp³-hybridized carbons (Fsp3) is 0. The van der Waals surface area contributed by atoms with E-state index in [2.05, 4.69) is 16.9 Å². The van der Waals surface area contributed by atoms with Crippen molar-refractivity contribution in [1.82, 2.24) is 0 Å². The number of benzene rings is 3. The molecule has 0 saturated carbocycles. The molecule has 0 aliphatic rings. The topological polar surface area (TPSA) is 29.1 Å². The summed E-state index contributed by atoms with van der Waals surface area (Å²) in [6.07, 6.45) is 0. The molecule has 0 saturated heterocycles. The van der Waals surface area contributed by atoms with Gasteiger partial charge in [0.05, 0.1) is 4.90 Å². The third kappa shape index (κ3) is 3.38. The molecule has 21 heavy (non-hydrogen) atoms. The van der Waals surface area contributed by atoms with Crippen molar-refractivity contribution in [3.8, 4) is 11.1 Å². The van der Waals surface area contributed by atoms with Gasteiger partial charge in [0.2, 0.25) is 0 Å². The van der Waals surface area contributed by atoms with Gasteiger partial charge in [0, 0.05) is 5.69 Å². The van der Waals surface area contributed by atoms with Gasteiger partial charge in [-0.25, -0.2) is 4.21 Å². The molecule has 0 aliphatic heterocycles. The van der Waals surface area contributed by atoms with E-state index >= 15 is 0 Å². The molecule has 3 aromatic carbocycles. The highest BCUT2D eigenvalue weighted by Crippen LogP contribution is 2.21. The third-order valence-corrected chi connectivity index (χ3v) is 4.28. The molecule has 1 atom stereocenters. The van der Waals surface area contributed by atoms with Crippen molar-refractivity contribution >= 4 is 16.7 Å². The molecule has 3 aromatic rings. The zero-order valence-electron chi connectivity index (χ0n) is 11.4. The van der Waals surface area contributed by atoms with Crippen LogP contribution in [0.3, 0.4) is 0 Å². The predicted octanol–water partition coefficient (Wildman–Crippen LogP) is 4.49. The van der Waals surface area contributed by atoms with E-state index in [-0.39, 0.29) is 0 Å². The maximum absolute atomic E-state index is 12.2. The van der Waals surface area contributed by atoms with Gasteiger partial charge in [-0.3, -0.25) is 0 Å². The summed E-state index contributed by atoms with van der Waals surface area (Å²) in [5.41, 5.74) is 3.16. The maximum atomic E-state index is 12.2. The van der Waals surface area contributed by atoms with E-state index in [4.69, 9.17) is 0 Å². The first-order valence-electron chi connectivity index (χ1n) is 6.72. The van der Waals surface area contributed by atoms with Gasteiger partial charge < -0.3 is 4.72 Å². The fourth-order valence-corrected chi connectivity index (χ4v) is 2.94. The molecule has 0 spiro atoms. The van der Waals surface area contributed by atoms with E-state index in [0.29, 0.717) is 0 Å². The predicted molar refractivity (Wildman–Crippen MR) is 88.4 cm³/mol. The van der Waals surface area contributed by atoms with E-state index in [9.17, 15) is 4.21 Å². The Morgan fingerprint density at radius 1 is 0.619 bits per heavy atom. The van der Waals surface area contributed by atoms with Gasteiger partial charge in [0.1, 0.15) is 11.0 Å². The second-order valence-electron chi connectivity index (χ2n) is 4.63. The highest BCUT2D eigenvalue weighted by Gasteiger charge is 2.03. The highest BCUT2D eigenvalue weighted by molar-refractivity contribution is 7.86. The average Bonchev–Trinajstić information content (AvgIpc) is 2.57. The van der Waals surface area contributed by atoms with Crippen LogP contribution in [0.4, 0.5) is 5.69 Å². The van der Waals surface area contributed by atoms with E-state index in [1.165, 1.54) is 5.56 Å². The lowest BCUT2D eigenvalue weighted by atomic mass is 10.1. The van der Waals surface area contributed by atoms with Crippen LogP contribution in [-0.4, -0.2) is 4.21 Å². The molecule has 0 heterocycles. The van der Waals surface area contributed by atoms with Crippen LogP contribution in [0.15, 0.2) is 89.8 Å². The van der Waals surface area contributed by atoms with E-state index < -0.39 is 11.0 Å². The van der Waals surface area contributed by atoms with Crippen LogP contribution >= 0.6 is 0 Å². The van der Waals surface area contributed by atoms with Crippen molar-refractivity contribution in [2.45, 2.75) is 4.90 Å². The van der Waals surface area contributed by atoms with Gasteiger partial charge in [-0.15, -0.1) is 0 Å². The highest BCUT2D eigenvalue weighted by atomic mass is 32.2. The molecule has 0 amide bonds. The van der Waals surface area contributed by atoms with Crippen molar-refractivity contribution in [1.29, 1.82) is 0 Å². The summed E-state index contributed by atoms with van der Waals surface area (Å²) in [6, 6.07) is 27.5. The SMILES string of the molecule is O=[S@@](Nc1ccc(-c2ccccc2)cc1)c1ccccc1. The second-order valence-corrected chi connectivity index (χ2v) is 5.84. The summed E-state index contributed by atoms with van der Waals surface area (Å²) in [6.45, 7) is 0. The van der Waals surface area contributed by atoms with Crippen molar-refractivity contribution in [2.75, 3.05) is 4.72 Å². The molecule has 1 N–H and O–H groups in total. The zero-order valence-corrected chi connectivity index (χ0v) is 12.2. The number of nitrogens with one attached hydrogen (secondary N) is 1. The summed E-state index contributed by atoms with van der Waals surface area (Å²) in [5.74, 6) is 0. The van der Waals surface area contributed by atoms with Crippen LogP contribution < -0.4 is 4.72 Å². The van der Waals surface area contributed by atoms with Crippen LogP contribution in [0.25, 0.3) is 11.1 Å². The van der Waals surface area contributed by atoms with Crippen LogP contribution in [0.5, 0.6) is 0 Å². The Hall–Kier alpha value is -2.39. The van der Waals surface area contributed by atoms with Gasteiger partial charge >= 0.3 is 0 Å². The standard InChI is InChI=1S/C18H15NOS/c20-21(18-9-5-2-6-10-18)19-17-13-11-16(12-14-17)15-7-3-1-4-8-15/h1-14,19H/t21-/m1/s1. The molecule has 0 bridgehead atoms. The number of rotatable bonds is 4. The van der Waals surface area contributed by atoms with Crippen LogP contribution in [0.2, 0.25) is 0 Å². The lowest BCUT2D eigenvalue weighted by molar-refractivity contribution is 0.686. The van der Waals surface area contributed by atoms with Crippen LogP contribution in [0, 0.1) is 0 Å². The molecule has 0 aromatic heterocycles. The van der Waals surface area contributed by atoms with Gasteiger partial charge in [-0.05, 0) is 35.4 Å². The summed E-state index contributed by atoms with van der Waals surface area (Å²) < 4.78 is 15.2. The van der Waals surface area contributed by atoms with Gasteiger partial charge in [-0.2, -0.15) is 0 Å². The normalized spacial score (nSPS) is 11.8. The number of hydrogen-bond donors (Lipinski definition) is 1. The van der Waals surface area contributed by atoms with Crippen molar-refractivity contribution < 1.29 is 4.21 Å². The molecule has 0 fully saturated rings. The fourth-order valence-electron chi connectivity index (χ4n) is 2.07. The van der Waals surface area contributed by atoms with Crippen LogP contribution in [0.1, 0.15) is 0 Å². The Bertz CT molecular complexity index is 724. The Kier molecular flexibility index (Phi) is 4.12. The van der Waals surface area contributed by atoms with Crippen molar-refractivity contribution in [3.05, 3.63) is 84.9 Å². The first-order valence-corrected chi connectivity index (χ1v) is 7.87. The van der Waals surface area contributed by atoms with E-state index in [0.717, 1.165) is 16.1 Å². The van der Waals surface area contributed by atoms with Gasteiger partial charge in [-0.1, -0.05) is 60.7 Å². The molecule has 104 valence electrons. The minimum Gasteiger partial charge on any atom is -0.301 e. The second kappa shape index (κ2) is 6.37. The number of anilines is 1. The van der Waals surface area contributed by atoms with E-state index in [1.54, 1.807) is 0 Å². The molecule has 2 nitrogen and oxygen atoms in total. The molecule has 0 unspecified atom stereocenters.